The first-order valence-electron chi connectivity index (χ1n) is 6.28. The molecule has 0 aromatic carbocycles. The predicted octanol–water partition coefficient (Wildman–Crippen LogP) is 1.45. The van der Waals surface area contributed by atoms with Crippen molar-refractivity contribution in [3.63, 3.8) is 0 Å². The Balaban J connectivity index is 1.78. The van der Waals surface area contributed by atoms with Gasteiger partial charge in [-0.25, -0.2) is 0 Å². The largest absolute Gasteiger partial charge is 0.394 e. The minimum Gasteiger partial charge on any atom is -0.394 e. The molecule has 2 aliphatic rings. The van der Waals surface area contributed by atoms with Crippen molar-refractivity contribution < 1.29 is 9.84 Å². The zero-order valence-corrected chi connectivity index (χ0v) is 9.67. The van der Waals surface area contributed by atoms with Gasteiger partial charge in [-0.15, -0.1) is 0 Å². The Morgan fingerprint density at radius 2 is 2.00 bits per heavy atom. The fourth-order valence-electron chi connectivity index (χ4n) is 2.96. The summed E-state index contributed by atoms with van der Waals surface area (Å²) in [5.74, 6) is 0. The second kappa shape index (κ2) is 4.81. The maximum atomic E-state index is 9.46. The first-order chi connectivity index (χ1) is 7.28. The fourth-order valence-corrected chi connectivity index (χ4v) is 2.96. The summed E-state index contributed by atoms with van der Waals surface area (Å²) in [5, 5.41) is 13.1. The van der Waals surface area contributed by atoms with Gasteiger partial charge < -0.3 is 15.2 Å². The Kier molecular flexibility index (Phi) is 3.65. The van der Waals surface area contributed by atoms with Gasteiger partial charge in [-0.1, -0.05) is 12.8 Å². The van der Waals surface area contributed by atoms with Gasteiger partial charge in [0, 0.05) is 18.2 Å². The molecule has 2 saturated carbocycles. The van der Waals surface area contributed by atoms with E-state index in [0.717, 1.165) is 19.4 Å². The van der Waals surface area contributed by atoms with Crippen LogP contribution >= 0.6 is 0 Å². The highest BCUT2D eigenvalue weighted by molar-refractivity contribution is 5.03. The number of hydrogen-bond acceptors (Lipinski definition) is 3. The Labute approximate surface area is 92.2 Å². The third-order valence-corrected chi connectivity index (χ3v) is 3.81. The third-order valence-electron chi connectivity index (χ3n) is 3.81. The average molecular weight is 213 g/mol. The lowest BCUT2D eigenvalue weighted by atomic mass is 9.74. The zero-order valence-electron chi connectivity index (χ0n) is 9.67. The molecule has 3 heteroatoms. The van der Waals surface area contributed by atoms with E-state index in [-0.39, 0.29) is 12.1 Å². The molecule has 0 saturated heterocycles. The Hall–Kier alpha value is -0.120. The van der Waals surface area contributed by atoms with Gasteiger partial charge in [0.15, 0.2) is 0 Å². The summed E-state index contributed by atoms with van der Waals surface area (Å²) in [6.45, 7) is 3.08. The van der Waals surface area contributed by atoms with Gasteiger partial charge in [0.2, 0.25) is 0 Å². The number of rotatable bonds is 5. The normalized spacial score (nSPS) is 36.8. The van der Waals surface area contributed by atoms with Gasteiger partial charge in [0.1, 0.15) is 0 Å². The van der Waals surface area contributed by atoms with Crippen molar-refractivity contribution in [3.8, 4) is 0 Å². The van der Waals surface area contributed by atoms with Crippen molar-refractivity contribution >= 4 is 0 Å². The molecule has 2 aliphatic carbocycles. The van der Waals surface area contributed by atoms with Crippen LogP contribution in [0.1, 0.15) is 45.4 Å². The summed E-state index contributed by atoms with van der Waals surface area (Å²) in [7, 11) is 0. The molecule has 2 rings (SSSR count). The molecule has 15 heavy (non-hydrogen) atoms. The van der Waals surface area contributed by atoms with Gasteiger partial charge >= 0.3 is 0 Å². The molecule has 0 amide bonds. The molecule has 0 unspecified atom stereocenters. The molecule has 0 aromatic rings. The Bertz CT molecular complexity index is 196. The van der Waals surface area contributed by atoms with Gasteiger partial charge in [-0.3, -0.25) is 0 Å². The maximum absolute atomic E-state index is 9.46. The molecule has 0 aliphatic heterocycles. The van der Waals surface area contributed by atoms with E-state index in [1.165, 1.54) is 25.7 Å². The first-order valence-corrected chi connectivity index (χ1v) is 6.28. The van der Waals surface area contributed by atoms with Crippen molar-refractivity contribution in [2.45, 2.75) is 63.1 Å². The van der Waals surface area contributed by atoms with Crippen molar-refractivity contribution in [1.29, 1.82) is 0 Å². The average Bonchev–Trinajstić information content (AvgIpc) is 2.67. The zero-order chi connectivity index (χ0) is 10.7. The highest BCUT2D eigenvalue weighted by Crippen LogP contribution is 2.36. The van der Waals surface area contributed by atoms with E-state index in [0.29, 0.717) is 12.1 Å². The van der Waals surface area contributed by atoms with E-state index in [9.17, 15) is 5.11 Å². The van der Waals surface area contributed by atoms with Crippen LogP contribution < -0.4 is 5.32 Å². The second-order valence-corrected chi connectivity index (χ2v) is 5.05. The molecular weight excluding hydrogens is 190 g/mol. The minimum atomic E-state index is -0.0190. The van der Waals surface area contributed by atoms with E-state index in [4.69, 9.17) is 4.74 Å². The molecule has 0 aromatic heterocycles. The Morgan fingerprint density at radius 1 is 1.33 bits per heavy atom. The van der Waals surface area contributed by atoms with Gasteiger partial charge in [0.25, 0.3) is 0 Å². The van der Waals surface area contributed by atoms with Crippen LogP contribution in [-0.2, 0) is 4.74 Å². The topological polar surface area (TPSA) is 41.5 Å². The van der Waals surface area contributed by atoms with E-state index in [1.807, 2.05) is 6.92 Å². The van der Waals surface area contributed by atoms with Gasteiger partial charge in [0.05, 0.1) is 12.7 Å². The van der Waals surface area contributed by atoms with E-state index >= 15 is 0 Å². The molecule has 3 nitrogen and oxygen atoms in total. The lowest BCUT2D eigenvalue weighted by molar-refractivity contribution is -0.0729. The molecule has 0 atom stereocenters. The molecule has 2 fully saturated rings. The fraction of sp³-hybridized carbons (Fsp3) is 1.00. The monoisotopic (exact) mass is 213 g/mol. The van der Waals surface area contributed by atoms with Crippen LogP contribution in [0.3, 0.4) is 0 Å². The molecule has 0 spiro atoms. The van der Waals surface area contributed by atoms with Gasteiger partial charge in [-0.05, 0) is 32.6 Å². The molecular formula is C12H23NO2. The van der Waals surface area contributed by atoms with Crippen LogP contribution in [-0.4, -0.2) is 36.0 Å². The van der Waals surface area contributed by atoms with Crippen molar-refractivity contribution in [1.82, 2.24) is 5.32 Å². The van der Waals surface area contributed by atoms with Crippen LogP contribution in [0.4, 0.5) is 0 Å². The summed E-state index contributed by atoms with van der Waals surface area (Å²) in [4.78, 5) is 0. The third kappa shape index (κ3) is 2.52. The lowest BCUT2D eigenvalue weighted by Crippen LogP contribution is -2.62. The van der Waals surface area contributed by atoms with Gasteiger partial charge in [-0.2, -0.15) is 0 Å². The van der Waals surface area contributed by atoms with Crippen molar-refractivity contribution in [2.24, 2.45) is 0 Å². The summed E-state index contributed by atoms with van der Waals surface area (Å²) in [6.07, 6.45) is 7.57. The second-order valence-electron chi connectivity index (χ2n) is 5.05. The quantitative estimate of drug-likeness (QED) is 0.726. The van der Waals surface area contributed by atoms with E-state index < -0.39 is 0 Å². The summed E-state index contributed by atoms with van der Waals surface area (Å²) in [6, 6.07) is 0.639. The highest BCUT2D eigenvalue weighted by Gasteiger charge is 2.45. The first kappa shape index (κ1) is 11.4. The highest BCUT2D eigenvalue weighted by atomic mass is 16.5. The standard InChI is InChI=1S/C12H23NO2/c1-2-15-11-7-12(8-11,9-14)13-10-5-3-4-6-10/h10-11,13-14H,2-9H2,1H3. The number of nitrogens with one attached hydrogen (secondary N) is 1. The number of hydrogen-bond donors (Lipinski definition) is 2. The molecule has 0 bridgehead atoms. The predicted molar refractivity (Wildman–Crippen MR) is 59.9 cm³/mol. The minimum absolute atomic E-state index is 0.0190. The van der Waals surface area contributed by atoms with Crippen molar-refractivity contribution in [2.75, 3.05) is 13.2 Å². The van der Waals surface area contributed by atoms with Crippen LogP contribution in [0.2, 0.25) is 0 Å². The van der Waals surface area contributed by atoms with E-state index in [1.54, 1.807) is 0 Å². The Morgan fingerprint density at radius 3 is 2.53 bits per heavy atom. The van der Waals surface area contributed by atoms with Crippen LogP contribution in [0.15, 0.2) is 0 Å². The molecule has 0 heterocycles. The number of aliphatic hydroxyl groups is 1. The number of aliphatic hydroxyl groups excluding tert-OH is 1. The maximum Gasteiger partial charge on any atom is 0.0615 e. The lowest BCUT2D eigenvalue weighted by Gasteiger charge is -2.48. The SMILES string of the molecule is CCOC1CC(CO)(NC2CCCC2)C1. The number of ether oxygens (including phenoxy) is 1. The molecule has 0 radical (unpaired) electrons. The molecule has 88 valence electrons. The summed E-state index contributed by atoms with van der Waals surface area (Å²) < 4.78 is 5.55. The van der Waals surface area contributed by atoms with Crippen molar-refractivity contribution in [3.05, 3.63) is 0 Å². The van der Waals surface area contributed by atoms with E-state index in [2.05, 4.69) is 5.32 Å². The smallest absolute Gasteiger partial charge is 0.0615 e. The summed E-state index contributed by atoms with van der Waals surface area (Å²) in [5.41, 5.74) is -0.0190. The molecule has 2 N–H and O–H groups in total. The summed E-state index contributed by atoms with van der Waals surface area (Å²) >= 11 is 0. The van der Waals surface area contributed by atoms with Crippen LogP contribution in [0.5, 0.6) is 0 Å². The van der Waals surface area contributed by atoms with Crippen LogP contribution in [0, 0.1) is 0 Å². The van der Waals surface area contributed by atoms with Crippen LogP contribution in [0.25, 0.3) is 0 Å².